The van der Waals surface area contributed by atoms with Crippen molar-refractivity contribution in [3.05, 3.63) is 59.8 Å². The quantitative estimate of drug-likeness (QED) is 0.725. The molecule has 1 amide bonds. The van der Waals surface area contributed by atoms with E-state index in [0.29, 0.717) is 25.5 Å². The van der Waals surface area contributed by atoms with E-state index >= 15 is 0 Å². The highest BCUT2D eigenvalue weighted by molar-refractivity contribution is 5.95. The first kappa shape index (κ1) is 16.7. The monoisotopic (exact) mass is 350 g/mol. The van der Waals surface area contributed by atoms with Crippen LogP contribution in [0.4, 0.5) is 0 Å². The molecule has 0 saturated heterocycles. The molecule has 0 aliphatic carbocycles. The van der Waals surface area contributed by atoms with Gasteiger partial charge in [0.15, 0.2) is 0 Å². The lowest BCUT2D eigenvalue weighted by atomic mass is 10.1. The maximum Gasteiger partial charge on any atom is 0.273 e. The molecule has 26 heavy (non-hydrogen) atoms. The topological polar surface area (TPSA) is 60.2 Å². The molecule has 0 radical (unpaired) electrons. The largest absolute Gasteiger partial charge is 0.375 e. The third kappa shape index (κ3) is 2.86. The zero-order valence-corrected chi connectivity index (χ0v) is 15.1. The molecule has 1 aliphatic rings. The second-order valence-electron chi connectivity index (χ2n) is 6.46. The van der Waals surface area contributed by atoms with Gasteiger partial charge in [-0.1, -0.05) is 24.3 Å². The van der Waals surface area contributed by atoms with E-state index in [9.17, 15) is 4.79 Å². The highest BCUT2D eigenvalue weighted by atomic mass is 16.5. The first-order chi connectivity index (χ1) is 12.7. The minimum atomic E-state index is -0.0973. The number of pyridine rings is 1. The number of benzene rings is 1. The average Bonchev–Trinajstić information content (AvgIpc) is 3.09. The molecule has 3 heterocycles. The Kier molecular flexibility index (Phi) is 4.42. The number of nitrogens with zero attached hydrogens (tertiary/aromatic N) is 4. The van der Waals surface area contributed by atoms with Crippen LogP contribution >= 0.6 is 0 Å². The highest BCUT2D eigenvalue weighted by Gasteiger charge is 2.31. The van der Waals surface area contributed by atoms with E-state index < -0.39 is 0 Å². The van der Waals surface area contributed by atoms with Crippen molar-refractivity contribution in [1.29, 1.82) is 0 Å². The molecule has 3 aromatic rings. The van der Waals surface area contributed by atoms with Crippen molar-refractivity contribution in [2.45, 2.75) is 33.0 Å². The Labute approximate surface area is 152 Å². The van der Waals surface area contributed by atoms with Crippen molar-refractivity contribution in [3.8, 4) is 0 Å². The summed E-state index contributed by atoms with van der Waals surface area (Å²) < 4.78 is 7.68. The molecule has 1 atom stereocenters. The zero-order chi connectivity index (χ0) is 18.1. The number of hydrogen-bond acceptors (Lipinski definition) is 4. The minimum Gasteiger partial charge on any atom is -0.375 e. The molecule has 1 aliphatic heterocycles. The molecule has 0 unspecified atom stereocenters. The summed E-state index contributed by atoms with van der Waals surface area (Å²) in [7, 11) is 0. The van der Waals surface area contributed by atoms with Gasteiger partial charge in [0.25, 0.3) is 5.91 Å². The van der Waals surface area contributed by atoms with Gasteiger partial charge in [0, 0.05) is 25.1 Å². The smallest absolute Gasteiger partial charge is 0.273 e. The molecule has 0 spiro atoms. The van der Waals surface area contributed by atoms with E-state index in [4.69, 9.17) is 4.74 Å². The summed E-state index contributed by atoms with van der Waals surface area (Å²) >= 11 is 0. The van der Waals surface area contributed by atoms with Crippen molar-refractivity contribution in [2.75, 3.05) is 13.2 Å². The fourth-order valence-corrected chi connectivity index (χ4v) is 3.49. The van der Waals surface area contributed by atoms with Gasteiger partial charge in [0.05, 0.1) is 30.1 Å². The number of aromatic nitrogens is 3. The predicted octanol–water partition coefficient (Wildman–Crippen LogP) is 3.18. The maximum absolute atomic E-state index is 13.0. The van der Waals surface area contributed by atoms with Crippen LogP contribution in [0.5, 0.6) is 0 Å². The average molecular weight is 350 g/mol. The normalized spacial score (nSPS) is 16.7. The van der Waals surface area contributed by atoms with Crippen LogP contribution in [0, 0.1) is 0 Å². The fraction of sp³-hybridized carbons (Fsp3) is 0.350. The van der Waals surface area contributed by atoms with Crippen molar-refractivity contribution in [1.82, 2.24) is 19.4 Å². The van der Waals surface area contributed by atoms with Gasteiger partial charge >= 0.3 is 0 Å². The number of carbonyl (C=O) groups excluding carboxylic acids is 1. The third-order valence-electron chi connectivity index (χ3n) is 4.91. The second-order valence-corrected chi connectivity index (χ2v) is 6.46. The van der Waals surface area contributed by atoms with Gasteiger partial charge in [0.2, 0.25) is 0 Å². The molecule has 0 fully saturated rings. The van der Waals surface area contributed by atoms with Gasteiger partial charge < -0.3 is 14.2 Å². The molecular formula is C20H22N4O2. The Morgan fingerprint density at radius 1 is 1.23 bits per heavy atom. The Balaban J connectivity index is 1.59. The summed E-state index contributed by atoms with van der Waals surface area (Å²) in [4.78, 5) is 24.0. The standard InChI is InChI=1S/C20H22N4O2/c1-3-26-13-16-12-21-19-14(2)23(10-11-24(16)19)20(25)18-9-8-15-6-4-5-7-17(15)22-18/h4-9,12,14H,3,10-11,13H2,1-2H3/t14-/m0/s1. The lowest BCUT2D eigenvalue weighted by Gasteiger charge is -2.34. The van der Waals surface area contributed by atoms with E-state index in [1.807, 2.05) is 55.3 Å². The lowest BCUT2D eigenvalue weighted by molar-refractivity contribution is 0.0624. The summed E-state index contributed by atoms with van der Waals surface area (Å²) in [6.07, 6.45) is 1.85. The van der Waals surface area contributed by atoms with Crippen LogP contribution in [0.3, 0.4) is 0 Å². The number of fused-ring (bicyclic) bond motifs is 2. The molecule has 4 rings (SSSR count). The SMILES string of the molecule is CCOCc1cnc2n1CCN(C(=O)c1ccc3ccccc3n1)[C@H]2C. The molecule has 6 nitrogen and oxygen atoms in total. The molecule has 6 heteroatoms. The number of imidazole rings is 1. The zero-order valence-electron chi connectivity index (χ0n) is 15.1. The van der Waals surface area contributed by atoms with E-state index in [1.165, 1.54) is 0 Å². The second kappa shape index (κ2) is 6.88. The third-order valence-corrected chi connectivity index (χ3v) is 4.91. The van der Waals surface area contributed by atoms with Crippen LogP contribution in [0.15, 0.2) is 42.6 Å². The Morgan fingerprint density at radius 2 is 2.08 bits per heavy atom. The first-order valence-electron chi connectivity index (χ1n) is 8.98. The summed E-state index contributed by atoms with van der Waals surface area (Å²) in [5.74, 6) is 0.851. The number of para-hydroxylation sites is 1. The van der Waals surface area contributed by atoms with Gasteiger partial charge in [-0.2, -0.15) is 0 Å². The van der Waals surface area contributed by atoms with Crippen molar-refractivity contribution >= 4 is 16.8 Å². The van der Waals surface area contributed by atoms with Gasteiger partial charge in [0.1, 0.15) is 11.5 Å². The minimum absolute atomic E-state index is 0.0520. The Bertz CT molecular complexity index is 950. The van der Waals surface area contributed by atoms with Crippen LogP contribution in [0.25, 0.3) is 10.9 Å². The number of hydrogen-bond donors (Lipinski definition) is 0. The predicted molar refractivity (Wildman–Crippen MR) is 98.8 cm³/mol. The lowest BCUT2D eigenvalue weighted by Crippen LogP contribution is -2.41. The van der Waals surface area contributed by atoms with Crippen molar-refractivity contribution in [2.24, 2.45) is 0 Å². The van der Waals surface area contributed by atoms with Gasteiger partial charge in [-0.3, -0.25) is 4.79 Å². The fourth-order valence-electron chi connectivity index (χ4n) is 3.49. The van der Waals surface area contributed by atoms with Crippen LogP contribution in [0.2, 0.25) is 0 Å². The summed E-state index contributed by atoms with van der Waals surface area (Å²) in [6, 6.07) is 11.5. The summed E-state index contributed by atoms with van der Waals surface area (Å²) in [6.45, 7) is 6.58. The van der Waals surface area contributed by atoms with E-state index in [-0.39, 0.29) is 11.9 Å². The molecule has 134 valence electrons. The van der Waals surface area contributed by atoms with Crippen LogP contribution in [-0.4, -0.2) is 38.5 Å². The van der Waals surface area contributed by atoms with Gasteiger partial charge in [-0.15, -0.1) is 0 Å². The molecule has 1 aromatic carbocycles. The van der Waals surface area contributed by atoms with Crippen LogP contribution < -0.4 is 0 Å². The maximum atomic E-state index is 13.0. The van der Waals surface area contributed by atoms with Gasteiger partial charge in [-0.25, -0.2) is 9.97 Å². The molecule has 2 aromatic heterocycles. The Hall–Kier alpha value is -2.73. The summed E-state index contributed by atoms with van der Waals surface area (Å²) in [5, 5.41) is 1.03. The molecule has 0 N–H and O–H groups in total. The number of rotatable bonds is 4. The van der Waals surface area contributed by atoms with Crippen LogP contribution in [0.1, 0.15) is 41.9 Å². The number of ether oxygens (including phenoxy) is 1. The molecule has 0 bridgehead atoms. The molecule has 0 saturated carbocycles. The van der Waals surface area contributed by atoms with E-state index in [2.05, 4.69) is 14.5 Å². The van der Waals surface area contributed by atoms with Crippen molar-refractivity contribution in [3.63, 3.8) is 0 Å². The Morgan fingerprint density at radius 3 is 2.92 bits per heavy atom. The number of amides is 1. The number of carbonyl (C=O) groups is 1. The van der Waals surface area contributed by atoms with Crippen molar-refractivity contribution < 1.29 is 9.53 Å². The molecular weight excluding hydrogens is 328 g/mol. The van der Waals surface area contributed by atoms with Gasteiger partial charge in [-0.05, 0) is 26.0 Å². The van der Waals surface area contributed by atoms with E-state index in [0.717, 1.165) is 29.0 Å². The van der Waals surface area contributed by atoms with Crippen LogP contribution in [-0.2, 0) is 17.9 Å². The highest BCUT2D eigenvalue weighted by Crippen LogP contribution is 2.27. The summed E-state index contributed by atoms with van der Waals surface area (Å²) in [5.41, 5.74) is 2.37. The first-order valence-corrected chi connectivity index (χ1v) is 8.98. The van der Waals surface area contributed by atoms with E-state index in [1.54, 1.807) is 6.07 Å².